The average molecular weight is 402 g/mol. The predicted molar refractivity (Wildman–Crippen MR) is 110 cm³/mol. The molecule has 7 heteroatoms. The molecule has 1 aromatic heterocycles. The van der Waals surface area contributed by atoms with Crippen LogP contribution in [0, 0.1) is 0 Å². The van der Waals surface area contributed by atoms with Crippen LogP contribution in [0.2, 0.25) is 10.0 Å². The summed E-state index contributed by atoms with van der Waals surface area (Å²) >= 11 is 12.3. The number of carbonyl (C=O) groups is 1. The van der Waals surface area contributed by atoms with E-state index in [9.17, 15) is 4.79 Å². The maximum absolute atomic E-state index is 12.7. The number of hydrogen-bond acceptors (Lipinski definition) is 4. The summed E-state index contributed by atoms with van der Waals surface area (Å²) in [6, 6.07) is 14.0. The monoisotopic (exact) mass is 401 g/mol. The Morgan fingerprint density at radius 3 is 2.56 bits per heavy atom. The lowest BCUT2D eigenvalue weighted by molar-refractivity contribution is 0.102. The smallest absolute Gasteiger partial charge is 0.257 e. The Hall–Kier alpha value is -2.76. The first-order valence-corrected chi connectivity index (χ1v) is 8.86. The zero-order chi connectivity index (χ0) is 19.4. The van der Waals surface area contributed by atoms with Crippen LogP contribution in [0.15, 0.2) is 54.7 Å². The van der Waals surface area contributed by atoms with E-state index in [1.807, 2.05) is 12.1 Å². The van der Waals surface area contributed by atoms with Crippen molar-refractivity contribution in [3.05, 3.63) is 70.3 Å². The quantitative estimate of drug-likeness (QED) is 0.603. The maximum atomic E-state index is 12.7. The number of aromatic nitrogens is 1. The second kappa shape index (κ2) is 8.29. The molecule has 0 saturated carbocycles. The molecule has 0 unspecified atom stereocenters. The van der Waals surface area contributed by atoms with Gasteiger partial charge in [-0.2, -0.15) is 0 Å². The van der Waals surface area contributed by atoms with E-state index in [-0.39, 0.29) is 5.91 Å². The van der Waals surface area contributed by atoms with Crippen LogP contribution in [0.5, 0.6) is 5.75 Å². The van der Waals surface area contributed by atoms with E-state index >= 15 is 0 Å². The van der Waals surface area contributed by atoms with Crippen molar-refractivity contribution in [2.75, 3.05) is 24.8 Å². The van der Waals surface area contributed by atoms with Crippen molar-refractivity contribution in [3.63, 3.8) is 0 Å². The van der Waals surface area contributed by atoms with Gasteiger partial charge in [0.05, 0.1) is 28.4 Å². The first-order valence-electron chi connectivity index (χ1n) is 8.11. The molecule has 0 bridgehead atoms. The van der Waals surface area contributed by atoms with Crippen molar-refractivity contribution >= 4 is 40.5 Å². The molecule has 5 nitrogen and oxygen atoms in total. The molecule has 0 fully saturated rings. The molecule has 27 heavy (non-hydrogen) atoms. The van der Waals surface area contributed by atoms with Crippen LogP contribution >= 0.6 is 23.2 Å². The van der Waals surface area contributed by atoms with E-state index in [1.54, 1.807) is 49.6 Å². The number of benzene rings is 2. The highest BCUT2D eigenvalue weighted by molar-refractivity contribution is 6.33. The Kier molecular flexibility index (Phi) is 5.84. The second-order valence-electron chi connectivity index (χ2n) is 5.65. The Balaban J connectivity index is 1.89. The van der Waals surface area contributed by atoms with Crippen LogP contribution < -0.4 is 15.4 Å². The second-order valence-corrected chi connectivity index (χ2v) is 6.46. The van der Waals surface area contributed by atoms with Gasteiger partial charge in [0.2, 0.25) is 0 Å². The molecule has 1 amide bonds. The van der Waals surface area contributed by atoms with Gasteiger partial charge in [-0.05, 0) is 42.5 Å². The van der Waals surface area contributed by atoms with Gasteiger partial charge < -0.3 is 15.4 Å². The van der Waals surface area contributed by atoms with Gasteiger partial charge in [0.1, 0.15) is 5.75 Å². The Morgan fingerprint density at radius 1 is 1.07 bits per heavy atom. The lowest BCUT2D eigenvalue weighted by atomic mass is 10.1. The van der Waals surface area contributed by atoms with E-state index in [0.717, 1.165) is 5.56 Å². The summed E-state index contributed by atoms with van der Waals surface area (Å²) in [5.74, 6) is 0.279. The topological polar surface area (TPSA) is 63.2 Å². The number of nitrogens with one attached hydrogen (secondary N) is 2. The molecule has 138 valence electrons. The van der Waals surface area contributed by atoms with Gasteiger partial charge in [0, 0.05) is 30.2 Å². The van der Waals surface area contributed by atoms with E-state index in [2.05, 4.69) is 15.6 Å². The number of carbonyl (C=O) groups excluding carboxylic acids is 1. The zero-order valence-electron chi connectivity index (χ0n) is 14.7. The molecular formula is C20H17Cl2N3O2. The number of ether oxygens (including phenoxy) is 1. The summed E-state index contributed by atoms with van der Waals surface area (Å²) in [6.45, 7) is 0. The predicted octanol–water partition coefficient (Wildman–Crippen LogP) is 5.36. The summed E-state index contributed by atoms with van der Waals surface area (Å²) in [6.07, 6.45) is 1.67. The molecule has 3 rings (SSSR count). The minimum atomic E-state index is -0.265. The third-order valence-corrected chi connectivity index (χ3v) is 4.58. The number of rotatable bonds is 5. The van der Waals surface area contributed by atoms with E-state index in [1.165, 1.54) is 7.11 Å². The lowest BCUT2D eigenvalue weighted by Crippen LogP contribution is -2.14. The number of hydrogen-bond donors (Lipinski definition) is 2. The normalized spacial score (nSPS) is 10.4. The van der Waals surface area contributed by atoms with Crippen molar-refractivity contribution < 1.29 is 9.53 Å². The van der Waals surface area contributed by atoms with Crippen LogP contribution in [0.1, 0.15) is 10.4 Å². The Bertz CT molecular complexity index is 993. The molecule has 0 radical (unpaired) electrons. The number of amides is 1. The highest BCUT2D eigenvalue weighted by atomic mass is 35.5. The van der Waals surface area contributed by atoms with Crippen LogP contribution in [0.4, 0.5) is 11.4 Å². The summed E-state index contributed by atoms with van der Waals surface area (Å²) < 4.78 is 5.12. The van der Waals surface area contributed by atoms with Gasteiger partial charge in [0.25, 0.3) is 5.91 Å². The summed E-state index contributed by atoms with van der Waals surface area (Å²) in [7, 11) is 3.29. The highest BCUT2D eigenvalue weighted by Gasteiger charge is 2.14. The van der Waals surface area contributed by atoms with Gasteiger partial charge in [0.15, 0.2) is 0 Å². The summed E-state index contributed by atoms with van der Waals surface area (Å²) in [5.41, 5.74) is 3.19. The molecule has 0 saturated heterocycles. The van der Waals surface area contributed by atoms with Crippen molar-refractivity contribution in [1.82, 2.24) is 4.98 Å². The van der Waals surface area contributed by atoms with Crippen LogP contribution in [0.25, 0.3) is 11.3 Å². The average Bonchev–Trinajstić information content (AvgIpc) is 2.68. The summed E-state index contributed by atoms with van der Waals surface area (Å²) in [5, 5.41) is 6.85. The molecule has 2 aromatic carbocycles. The molecule has 3 aromatic rings. The van der Waals surface area contributed by atoms with Gasteiger partial charge in [-0.1, -0.05) is 29.3 Å². The minimum Gasteiger partial charge on any atom is -0.495 e. The Morgan fingerprint density at radius 2 is 1.89 bits per heavy atom. The van der Waals surface area contributed by atoms with Crippen molar-refractivity contribution in [2.45, 2.75) is 0 Å². The van der Waals surface area contributed by atoms with E-state index in [4.69, 9.17) is 27.9 Å². The molecule has 2 N–H and O–H groups in total. The van der Waals surface area contributed by atoms with E-state index in [0.29, 0.717) is 38.4 Å². The molecule has 0 aliphatic rings. The minimum absolute atomic E-state index is 0.265. The van der Waals surface area contributed by atoms with Gasteiger partial charge in [-0.3, -0.25) is 9.78 Å². The van der Waals surface area contributed by atoms with Crippen LogP contribution in [-0.2, 0) is 0 Å². The first kappa shape index (κ1) is 19.0. The van der Waals surface area contributed by atoms with Gasteiger partial charge in [-0.25, -0.2) is 0 Å². The fourth-order valence-electron chi connectivity index (χ4n) is 2.64. The number of methoxy groups -OCH3 is 1. The molecular weight excluding hydrogens is 385 g/mol. The number of anilines is 2. The number of pyridine rings is 1. The third-order valence-electron chi connectivity index (χ3n) is 3.98. The zero-order valence-corrected chi connectivity index (χ0v) is 16.2. The molecule has 0 spiro atoms. The first-order chi connectivity index (χ1) is 13.0. The Labute approximate surface area is 167 Å². The molecule has 0 aliphatic heterocycles. The molecule has 0 aliphatic carbocycles. The molecule has 0 atom stereocenters. The van der Waals surface area contributed by atoms with Crippen LogP contribution in [-0.4, -0.2) is 25.0 Å². The maximum Gasteiger partial charge on any atom is 0.257 e. The molecule has 1 heterocycles. The van der Waals surface area contributed by atoms with Gasteiger partial charge in [-0.15, -0.1) is 0 Å². The largest absolute Gasteiger partial charge is 0.495 e. The highest BCUT2D eigenvalue weighted by Crippen LogP contribution is 2.30. The van der Waals surface area contributed by atoms with Gasteiger partial charge >= 0.3 is 0 Å². The number of nitrogens with zero attached hydrogens (tertiary/aromatic N) is 1. The summed E-state index contributed by atoms with van der Waals surface area (Å²) in [4.78, 5) is 17.0. The van der Waals surface area contributed by atoms with Crippen LogP contribution in [0.3, 0.4) is 0 Å². The lowest BCUT2D eigenvalue weighted by Gasteiger charge is -2.13. The van der Waals surface area contributed by atoms with Crippen molar-refractivity contribution in [2.24, 2.45) is 0 Å². The number of halogens is 2. The SMILES string of the molecule is CNc1cc(-c2ncccc2Cl)ccc1C(=O)Nc1ccc(OC)c(Cl)c1. The van der Waals surface area contributed by atoms with Crippen molar-refractivity contribution in [1.29, 1.82) is 0 Å². The fraction of sp³-hybridized carbons (Fsp3) is 0.100. The van der Waals surface area contributed by atoms with E-state index < -0.39 is 0 Å². The standard InChI is InChI=1S/C20H17Cl2N3O2/c1-23-17-10-12(19-15(21)4-3-9-24-19)5-7-14(17)20(26)25-13-6-8-18(27-2)16(22)11-13/h3-11,23H,1-2H3,(H,25,26). The van der Waals surface area contributed by atoms with Crippen molar-refractivity contribution in [3.8, 4) is 17.0 Å². The fourth-order valence-corrected chi connectivity index (χ4v) is 3.13. The third kappa shape index (κ3) is 4.15.